The number of carbonyl (C=O) groups is 1. The minimum Gasteiger partial charge on any atom is -0.469 e. The van der Waals surface area contributed by atoms with Gasteiger partial charge in [-0.25, -0.2) is 0 Å². The molecule has 0 heterocycles. The van der Waals surface area contributed by atoms with Crippen LogP contribution in [0.15, 0.2) is 48.5 Å². The van der Waals surface area contributed by atoms with Crippen molar-refractivity contribution in [3.63, 3.8) is 0 Å². The molecule has 0 bridgehead atoms. The van der Waals surface area contributed by atoms with Gasteiger partial charge in [-0.15, -0.1) is 0 Å². The highest BCUT2D eigenvalue weighted by Crippen LogP contribution is 2.07. The molecule has 0 aliphatic rings. The second-order valence-electron chi connectivity index (χ2n) is 4.72. The van der Waals surface area contributed by atoms with Crippen LogP contribution in [0.25, 0.3) is 0 Å². The molecule has 22 heavy (non-hydrogen) atoms. The summed E-state index contributed by atoms with van der Waals surface area (Å²) in [5.74, 6) is 5.90. The monoisotopic (exact) mass is 289 g/mol. The van der Waals surface area contributed by atoms with E-state index in [-0.39, 0.29) is 5.97 Å². The Morgan fingerprint density at radius 3 is 2.41 bits per heavy atom. The molecule has 0 aromatic heterocycles. The Balaban J connectivity index is 2.04. The molecule has 3 nitrogen and oxygen atoms in total. The molecule has 0 amide bonds. The van der Waals surface area contributed by atoms with Crippen LogP contribution in [0.3, 0.4) is 0 Å². The van der Waals surface area contributed by atoms with Crippen molar-refractivity contribution in [2.24, 2.45) is 0 Å². The maximum absolute atomic E-state index is 11.1. The fraction of sp³-hybridized carbons (Fsp3) is 0.158. The largest absolute Gasteiger partial charge is 0.469 e. The molecule has 0 aliphatic heterocycles. The number of esters is 1. The summed E-state index contributed by atoms with van der Waals surface area (Å²) in [6, 6.07) is 17.1. The van der Waals surface area contributed by atoms with Crippen molar-refractivity contribution < 1.29 is 9.53 Å². The summed E-state index contributed by atoms with van der Waals surface area (Å²) in [5, 5.41) is 8.85. The van der Waals surface area contributed by atoms with Gasteiger partial charge in [-0.2, -0.15) is 5.26 Å². The van der Waals surface area contributed by atoms with Crippen LogP contribution in [0.1, 0.15) is 28.7 Å². The van der Waals surface area contributed by atoms with Crippen LogP contribution in [0.4, 0.5) is 0 Å². The number of benzene rings is 2. The molecule has 0 N–H and O–H groups in total. The first-order chi connectivity index (χ1) is 10.7. The van der Waals surface area contributed by atoms with E-state index in [0.29, 0.717) is 18.4 Å². The van der Waals surface area contributed by atoms with E-state index in [2.05, 4.69) is 22.6 Å². The van der Waals surface area contributed by atoms with Gasteiger partial charge in [-0.1, -0.05) is 30.0 Å². The third kappa shape index (κ3) is 4.51. The third-order valence-corrected chi connectivity index (χ3v) is 3.14. The number of nitriles is 1. The van der Waals surface area contributed by atoms with Gasteiger partial charge in [0.25, 0.3) is 0 Å². The van der Waals surface area contributed by atoms with E-state index in [1.165, 1.54) is 7.11 Å². The first-order valence-corrected chi connectivity index (χ1v) is 6.89. The Labute approximate surface area is 130 Å². The smallest absolute Gasteiger partial charge is 0.305 e. The molecule has 2 rings (SSSR count). The number of nitrogens with zero attached hydrogens (tertiary/aromatic N) is 1. The lowest BCUT2D eigenvalue weighted by Gasteiger charge is -2.00. The van der Waals surface area contributed by atoms with Gasteiger partial charge in [0.2, 0.25) is 0 Å². The molecular formula is C19H15NO2. The lowest BCUT2D eigenvalue weighted by atomic mass is 10.1. The van der Waals surface area contributed by atoms with Crippen LogP contribution in [0.2, 0.25) is 0 Å². The number of rotatable bonds is 3. The van der Waals surface area contributed by atoms with Crippen molar-refractivity contribution in [2.45, 2.75) is 12.8 Å². The second kappa shape index (κ2) is 7.67. The predicted octanol–water partition coefficient (Wildman–Crippen LogP) is 3.06. The van der Waals surface area contributed by atoms with E-state index in [9.17, 15) is 4.79 Å². The number of methoxy groups -OCH3 is 1. The number of carbonyl (C=O) groups excluding carboxylic acids is 1. The first-order valence-electron chi connectivity index (χ1n) is 6.89. The van der Waals surface area contributed by atoms with E-state index in [1.54, 1.807) is 12.1 Å². The Morgan fingerprint density at radius 1 is 1.05 bits per heavy atom. The summed E-state index contributed by atoms with van der Waals surface area (Å²) in [6.07, 6.45) is 1.03. The Bertz CT molecular complexity index is 759. The summed E-state index contributed by atoms with van der Waals surface area (Å²) in [7, 11) is 1.39. The highest BCUT2D eigenvalue weighted by Gasteiger charge is 2.01. The lowest BCUT2D eigenvalue weighted by molar-refractivity contribution is -0.140. The summed E-state index contributed by atoms with van der Waals surface area (Å²) >= 11 is 0. The quantitative estimate of drug-likeness (QED) is 0.644. The minimum absolute atomic E-state index is 0.207. The molecule has 2 aromatic rings. The van der Waals surface area contributed by atoms with Gasteiger partial charge in [0.15, 0.2) is 0 Å². The molecule has 2 aromatic carbocycles. The third-order valence-electron chi connectivity index (χ3n) is 3.14. The van der Waals surface area contributed by atoms with Crippen molar-refractivity contribution in [3.05, 3.63) is 70.8 Å². The fourth-order valence-corrected chi connectivity index (χ4v) is 1.91. The van der Waals surface area contributed by atoms with Gasteiger partial charge in [-0.3, -0.25) is 4.79 Å². The van der Waals surface area contributed by atoms with Crippen molar-refractivity contribution in [1.82, 2.24) is 0 Å². The molecule has 3 heteroatoms. The fourth-order valence-electron chi connectivity index (χ4n) is 1.91. The zero-order chi connectivity index (χ0) is 15.8. The highest BCUT2D eigenvalue weighted by molar-refractivity contribution is 5.69. The van der Waals surface area contributed by atoms with Gasteiger partial charge < -0.3 is 4.74 Å². The average Bonchev–Trinajstić information content (AvgIpc) is 2.58. The number of aryl methyl sites for hydroxylation is 1. The van der Waals surface area contributed by atoms with E-state index in [4.69, 9.17) is 5.26 Å². The molecule has 0 unspecified atom stereocenters. The summed E-state index contributed by atoms with van der Waals surface area (Å²) < 4.78 is 4.62. The van der Waals surface area contributed by atoms with Gasteiger partial charge >= 0.3 is 5.97 Å². The lowest BCUT2D eigenvalue weighted by Crippen LogP contribution is -2.01. The van der Waals surface area contributed by atoms with Gasteiger partial charge in [-0.05, 0) is 42.3 Å². The molecule has 0 atom stereocenters. The molecule has 0 saturated heterocycles. The molecular weight excluding hydrogens is 274 g/mol. The van der Waals surface area contributed by atoms with Gasteiger partial charge in [0.1, 0.15) is 0 Å². The van der Waals surface area contributed by atoms with E-state index in [1.807, 2.05) is 36.4 Å². The summed E-state index contributed by atoms with van der Waals surface area (Å²) in [5.41, 5.74) is 3.38. The van der Waals surface area contributed by atoms with Crippen LogP contribution >= 0.6 is 0 Å². The molecule has 0 saturated carbocycles. The predicted molar refractivity (Wildman–Crippen MR) is 83.9 cm³/mol. The van der Waals surface area contributed by atoms with Crippen molar-refractivity contribution in [3.8, 4) is 17.9 Å². The number of hydrogen-bond donors (Lipinski definition) is 0. The zero-order valence-electron chi connectivity index (χ0n) is 12.3. The van der Waals surface area contributed by atoms with Crippen LogP contribution in [0, 0.1) is 23.2 Å². The van der Waals surface area contributed by atoms with E-state index < -0.39 is 0 Å². The number of hydrogen-bond acceptors (Lipinski definition) is 3. The SMILES string of the molecule is COC(=O)CCc1ccc(C#Cc2cccc(C#N)c2)cc1. The number of ether oxygens (including phenoxy) is 1. The zero-order valence-corrected chi connectivity index (χ0v) is 12.3. The van der Waals surface area contributed by atoms with Crippen LogP contribution in [0.5, 0.6) is 0 Å². The van der Waals surface area contributed by atoms with Crippen LogP contribution in [-0.4, -0.2) is 13.1 Å². The van der Waals surface area contributed by atoms with E-state index >= 15 is 0 Å². The maximum Gasteiger partial charge on any atom is 0.305 e. The van der Waals surface area contributed by atoms with Gasteiger partial charge in [0.05, 0.1) is 18.7 Å². The Morgan fingerprint density at radius 2 is 1.73 bits per heavy atom. The minimum atomic E-state index is -0.207. The van der Waals surface area contributed by atoms with Gasteiger partial charge in [0, 0.05) is 17.5 Å². The van der Waals surface area contributed by atoms with Crippen molar-refractivity contribution in [2.75, 3.05) is 7.11 Å². The van der Waals surface area contributed by atoms with Crippen molar-refractivity contribution in [1.29, 1.82) is 5.26 Å². The maximum atomic E-state index is 11.1. The molecule has 0 aliphatic carbocycles. The summed E-state index contributed by atoms with van der Waals surface area (Å²) in [6.45, 7) is 0. The Kier molecular flexibility index (Phi) is 5.35. The molecule has 0 radical (unpaired) electrons. The van der Waals surface area contributed by atoms with Crippen molar-refractivity contribution >= 4 is 5.97 Å². The van der Waals surface area contributed by atoms with E-state index in [0.717, 1.165) is 16.7 Å². The second-order valence-corrected chi connectivity index (χ2v) is 4.72. The normalized spacial score (nSPS) is 9.27. The molecule has 108 valence electrons. The summed E-state index contributed by atoms with van der Waals surface area (Å²) in [4.78, 5) is 11.1. The van der Waals surface area contributed by atoms with Crippen LogP contribution in [-0.2, 0) is 16.0 Å². The topological polar surface area (TPSA) is 50.1 Å². The first kappa shape index (κ1) is 15.4. The Hall–Kier alpha value is -3.04. The average molecular weight is 289 g/mol. The molecule has 0 spiro atoms. The standard InChI is InChI=1S/C19H15NO2/c1-22-19(21)12-11-16-7-5-15(6-8-16)9-10-17-3-2-4-18(13-17)14-20/h2-8,13H,11-12H2,1H3. The highest BCUT2D eigenvalue weighted by atomic mass is 16.5. The molecule has 0 fully saturated rings. The van der Waals surface area contributed by atoms with Crippen LogP contribution < -0.4 is 0 Å².